The number of halogens is 3. The van der Waals surface area contributed by atoms with Crippen LogP contribution in [-0.2, 0) is 0 Å². The average Bonchev–Trinajstić information content (AvgIpc) is 3.20. The number of aromatic hydroxyl groups is 1. The topological polar surface area (TPSA) is 55.1 Å². The molecule has 0 saturated heterocycles. The molecule has 4 nitrogen and oxygen atoms in total. The van der Waals surface area contributed by atoms with Crippen molar-refractivity contribution in [2.24, 2.45) is 0 Å². The summed E-state index contributed by atoms with van der Waals surface area (Å²) in [5, 5.41) is 14.3. The first-order valence-corrected chi connectivity index (χ1v) is 9.24. The lowest BCUT2D eigenvalue weighted by Crippen LogP contribution is -1.98. The zero-order valence-corrected chi connectivity index (χ0v) is 16.0. The molecule has 0 unspecified atom stereocenters. The van der Waals surface area contributed by atoms with Crippen LogP contribution in [-0.4, -0.2) is 20.7 Å². The van der Waals surface area contributed by atoms with Gasteiger partial charge < -0.3 is 5.11 Å². The van der Waals surface area contributed by atoms with Gasteiger partial charge in [0.25, 0.3) is 0 Å². The molecule has 1 heterocycles. The van der Waals surface area contributed by atoms with Crippen LogP contribution in [0.4, 0.5) is 13.2 Å². The molecule has 0 aliphatic carbocycles. The van der Waals surface area contributed by atoms with E-state index in [0.29, 0.717) is 22.9 Å². The molecule has 0 aliphatic rings. The Morgan fingerprint density at radius 2 is 1.65 bits per heavy atom. The molecule has 0 spiro atoms. The molecular formula is C24H15F3N2O2. The molecule has 0 atom stereocenters. The van der Waals surface area contributed by atoms with E-state index in [0.717, 1.165) is 17.8 Å². The highest BCUT2D eigenvalue weighted by molar-refractivity contribution is 6.08. The van der Waals surface area contributed by atoms with Crippen LogP contribution in [0.15, 0.2) is 79.0 Å². The minimum atomic E-state index is -1.22. The highest BCUT2D eigenvalue weighted by Crippen LogP contribution is 2.27. The van der Waals surface area contributed by atoms with Gasteiger partial charge in [0.05, 0.1) is 16.9 Å². The van der Waals surface area contributed by atoms with Gasteiger partial charge in [0, 0.05) is 23.4 Å². The summed E-state index contributed by atoms with van der Waals surface area (Å²) in [6, 6.07) is 16.2. The highest BCUT2D eigenvalue weighted by atomic mass is 19.1. The second-order valence-corrected chi connectivity index (χ2v) is 6.70. The quantitative estimate of drug-likeness (QED) is 0.340. The average molecular weight is 420 g/mol. The third-order valence-corrected chi connectivity index (χ3v) is 4.59. The van der Waals surface area contributed by atoms with Gasteiger partial charge in [-0.2, -0.15) is 5.10 Å². The van der Waals surface area contributed by atoms with E-state index in [1.54, 1.807) is 23.0 Å². The van der Waals surface area contributed by atoms with Crippen LogP contribution in [0.5, 0.6) is 5.75 Å². The number of hydrogen-bond donors (Lipinski definition) is 1. The van der Waals surface area contributed by atoms with Crippen LogP contribution in [0.2, 0.25) is 0 Å². The van der Waals surface area contributed by atoms with Gasteiger partial charge in [0.1, 0.15) is 11.6 Å². The fourth-order valence-electron chi connectivity index (χ4n) is 3.06. The predicted octanol–water partition coefficient (Wildman–Crippen LogP) is 5.56. The molecule has 0 amide bonds. The molecule has 0 bridgehead atoms. The van der Waals surface area contributed by atoms with Gasteiger partial charge in [-0.3, -0.25) is 4.79 Å². The van der Waals surface area contributed by atoms with Crippen molar-refractivity contribution in [2.75, 3.05) is 0 Å². The number of ketones is 1. The largest absolute Gasteiger partial charge is 0.504 e. The van der Waals surface area contributed by atoms with Gasteiger partial charge in [-0.15, -0.1) is 0 Å². The number of benzene rings is 3. The van der Waals surface area contributed by atoms with E-state index in [-0.39, 0.29) is 0 Å². The van der Waals surface area contributed by atoms with Crippen LogP contribution in [0.25, 0.3) is 23.0 Å². The zero-order valence-electron chi connectivity index (χ0n) is 16.0. The van der Waals surface area contributed by atoms with Crippen molar-refractivity contribution in [3.8, 4) is 22.7 Å². The van der Waals surface area contributed by atoms with Gasteiger partial charge in [0.15, 0.2) is 17.3 Å². The highest BCUT2D eigenvalue weighted by Gasteiger charge is 2.16. The second kappa shape index (κ2) is 8.31. The van der Waals surface area contributed by atoms with Crippen LogP contribution in [0.1, 0.15) is 15.9 Å². The molecule has 0 radical (unpaired) electrons. The van der Waals surface area contributed by atoms with Gasteiger partial charge in [-0.25, -0.2) is 17.9 Å². The predicted molar refractivity (Wildman–Crippen MR) is 110 cm³/mol. The van der Waals surface area contributed by atoms with E-state index in [1.807, 2.05) is 30.3 Å². The van der Waals surface area contributed by atoms with Gasteiger partial charge >= 0.3 is 0 Å². The fraction of sp³-hybridized carbons (Fsp3) is 0. The van der Waals surface area contributed by atoms with Crippen LogP contribution in [0.3, 0.4) is 0 Å². The van der Waals surface area contributed by atoms with Crippen LogP contribution in [0, 0.1) is 17.5 Å². The van der Waals surface area contributed by atoms with Crippen LogP contribution >= 0.6 is 0 Å². The molecule has 4 rings (SSSR count). The Labute approximate surface area is 175 Å². The molecule has 154 valence electrons. The number of carbonyl (C=O) groups is 1. The maximum absolute atomic E-state index is 13.6. The van der Waals surface area contributed by atoms with E-state index < -0.39 is 34.5 Å². The molecule has 7 heteroatoms. The summed E-state index contributed by atoms with van der Waals surface area (Å²) in [6.07, 6.45) is 4.19. The summed E-state index contributed by atoms with van der Waals surface area (Å²) in [4.78, 5) is 12.5. The van der Waals surface area contributed by atoms with Crippen molar-refractivity contribution in [3.63, 3.8) is 0 Å². The maximum Gasteiger partial charge on any atom is 0.189 e. The van der Waals surface area contributed by atoms with E-state index in [4.69, 9.17) is 0 Å². The number of hydrogen-bond acceptors (Lipinski definition) is 3. The third kappa shape index (κ3) is 4.25. The number of allylic oxidation sites excluding steroid dienone is 1. The summed E-state index contributed by atoms with van der Waals surface area (Å²) < 4.78 is 42.0. The molecule has 1 N–H and O–H groups in total. The van der Waals surface area contributed by atoms with Gasteiger partial charge in [0.2, 0.25) is 0 Å². The number of phenolic OH excluding ortho intramolecular Hbond substituents is 1. The minimum absolute atomic E-state index is 0.401. The van der Waals surface area contributed by atoms with Crippen molar-refractivity contribution >= 4 is 11.9 Å². The van der Waals surface area contributed by atoms with Crippen molar-refractivity contribution in [1.82, 2.24) is 9.78 Å². The van der Waals surface area contributed by atoms with Crippen molar-refractivity contribution < 1.29 is 23.1 Å². The standard InChI is InChI=1S/C24H15F3N2O2/c25-17-9-6-15(7-10-17)23-16(14-29(28-23)19-4-2-1-3-5-19)8-11-22(30)20-12-18(26)13-21(27)24(20)31/h1-14,31H/b11-8+. The number of nitrogens with zero attached hydrogens (tertiary/aromatic N) is 2. The summed E-state index contributed by atoms with van der Waals surface area (Å²) in [7, 11) is 0. The monoisotopic (exact) mass is 420 g/mol. The van der Waals surface area contributed by atoms with E-state index in [2.05, 4.69) is 5.10 Å². The molecule has 0 aliphatic heterocycles. The molecule has 1 aromatic heterocycles. The van der Waals surface area contributed by atoms with Crippen molar-refractivity contribution in [2.45, 2.75) is 0 Å². The van der Waals surface area contributed by atoms with E-state index in [9.17, 15) is 23.1 Å². The Morgan fingerprint density at radius 1 is 0.935 bits per heavy atom. The number of aromatic nitrogens is 2. The third-order valence-electron chi connectivity index (χ3n) is 4.59. The lowest BCUT2D eigenvalue weighted by molar-refractivity contribution is 0.104. The van der Waals surface area contributed by atoms with Crippen molar-refractivity contribution in [3.05, 3.63) is 108 Å². The van der Waals surface area contributed by atoms with Gasteiger partial charge in [-0.05, 0) is 54.6 Å². The molecule has 3 aromatic carbocycles. The lowest BCUT2D eigenvalue weighted by Gasteiger charge is -2.02. The minimum Gasteiger partial charge on any atom is -0.504 e. The molecule has 0 saturated carbocycles. The molecule has 0 fully saturated rings. The number of phenols is 1. The maximum atomic E-state index is 13.6. The van der Waals surface area contributed by atoms with Crippen molar-refractivity contribution in [1.29, 1.82) is 0 Å². The molecule has 4 aromatic rings. The summed E-state index contributed by atoms with van der Waals surface area (Å²) >= 11 is 0. The smallest absolute Gasteiger partial charge is 0.189 e. The first-order valence-electron chi connectivity index (χ1n) is 9.24. The van der Waals surface area contributed by atoms with Crippen LogP contribution < -0.4 is 0 Å². The van der Waals surface area contributed by atoms with E-state index in [1.165, 1.54) is 18.2 Å². The normalized spacial score (nSPS) is 11.2. The Balaban J connectivity index is 1.75. The zero-order chi connectivity index (χ0) is 22.0. The summed E-state index contributed by atoms with van der Waals surface area (Å²) in [5.74, 6) is -4.30. The van der Waals surface area contributed by atoms with Gasteiger partial charge in [-0.1, -0.05) is 18.2 Å². The lowest BCUT2D eigenvalue weighted by atomic mass is 10.1. The second-order valence-electron chi connectivity index (χ2n) is 6.70. The van der Waals surface area contributed by atoms with E-state index >= 15 is 0 Å². The molecular weight excluding hydrogens is 405 g/mol. The summed E-state index contributed by atoms with van der Waals surface area (Å²) in [5.41, 5.74) is 1.87. The molecule has 31 heavy (non-hydrogen) atoms. The Morgan fingerprint density at radius 3 is 2.35 bits per heavy atom. The first-order chi connectivity index (χ1) is 14.9. The Hall–Kier alpha value is -4.13. The SMILES string of the molecule is O=C(/C=C/c1cn(-c2ccccc2)nc1-c1ccc(F)cc1)c1cc(F)cc(F)c1O. The Kier molecular flexibility index (Phi) is 5.41. The number of para-hydroxylation sites is 1. The Bertz CT molecular complexity index is 1280. The number of rotatable bonds is 5. The summed E-state index contributed by atoms with van der Waals surface area (Å²) in [6.45, 7) is 0. The first kappa shape index (κ1) is 20.2. The number of carbonyl (C=O) groups excluding carboxylic acids is 1. The fourth-order valence-corrected chi connectivity index (χ4v) is 3.06.